The number of hydrogen-bond acceptors (Lipinski definition) is 5. The number of benzene rings is 1. The highest BCUT2D eigenvalue weighted by molar-refractivity contribution is 6.35. The molecule has 0 bridgehead atoms. The Morgan fingerprint density at radius 2 is 2.11 bits per heavy atom. The van der Waals surface area contributed by atoms with E-state index < -0.39 is 0 Å². The summed E-state index contributed by atoms with van der Waals surface area (Å²) in [7, 11) is 0. The molecule has 7 heteroatoms. The SMILES string of the molecule is CCc1c(NN)ncnc1Oc1ccc(Cl)cc1Cl. The highest BCUT2D eigenvalue weighted by atomic mass is 35.5. The topological polar surface area (TPSA) is 73.1 Å². The molecule has 0 atom stereocenters. The first-order valence-corrected chi connectivity index (χ1v) is 6.34. The highest BCUT2D eigenvalue weighted by Gasteiger charge is 2.12. The fourth-order valence-electron chi connectivity index (χ4n) is 1.59. The fraction of sp³-hybridized carbons (Fsp3) is 0.167. The van der Waals surface area contributed by atoms with Gasteiger partial charge in [0.1, 0.15) is 17.9 Å². The van der Waals surface area contributed by atoms with Gasteiger partial charge in [-0.3, -0.25) is 0 Å². The van der Waals surface area contributed by atoms with Crippen LogP contribution in [0.3, 0.4) is 0 Å². The number of halogens is 2. The molecule has 0 radical (unpaired) electrons. The van der Waals surface area contributed by atoms with Crippen molar-refractivity contribution >= 4 is 29.0 Å². The van der Waals surface area contributed by atoms with E-state index in [0.29, 0.717) is 33.9 Å². The lowest BCUT2D eigenvalue weighted by Gasteiger charge is -2.12. The Bertz CT molecular complexity index is 592. The minimum atomic E-state index is 0.412. The van der Waals surface area contributed by atoms with E-state index in [9.17, 15) is 0 Å². The van der Waals surface area contributed by atoms with Gasteiger partial charge in [-0.15, -0.1) is 0 Å². The van der Waals surface area contributed by atoms with Crippen molar-refractivity contribution in [3.05, 3.63) is 40.1 Å². The normalized spacial score (nSPS) is 10.3. The van der Waals surface area contributed by atoms with Crippen LogP contribution in [0.25, 0.3) is 0 Å². The largest absolute Gasteiger partial charge is 0.437 e. The average Bonchev–Trinajstić information content (AvgIpc) is 2.41. The van der Waals surface area contributed by atoms with Gasteiger partial charge in [0, 0.05) is 5.02 Å². The molecule has 1 aromatic heterocycles. The molecule has 19 heavy (non-hydrogen) atoms. The minimum Gasteiger partial charge on any atom is -0.437 e. The zero-order valence-electron chi connectivity index (χ0n) is 10.2. The predicted molar refractivity (Wildman–Crippen MR) is 75.8 cm³/mol. The molecule has 0 saturated heterocycles. The summed E-state index contributed by atoms with van der Waals surface area (Å²) in [6.45, 7) is 1.95. The molecule has 5 nitrogen and oxygen atoms in total. The Kier molecular flexibility index (Phi) is 4.42. The fourth-order valence-corrected chi connectivity index (χ4v) is 2.04. The highest BCUT2D eigenvalue weighted by Crippen LogP contribution is 2.33. The van der Waals surface area contributed by atoms with Crippen molar-refractivity contribution in [2.75, 3.05) is 5.43 Å². The number of nitrogen functional groups attached to an aromatic ring is 1. The first kappa shape index (κ1) is 13.9. The summed E-state index contributed by atoms with van der Waals surface area (Å²) in [5.41, 5.74) is 3.29. The molecular formula is C12H12Cl2N4O. The standard InChI is InChI=1S/C12H12Cl2N4O/c1-2-8-11(18-15)16-6-17-12(8)19-10-4-3-7(13)5-9(10)14/h3-6H,2,15H2,1H3,(H,16,17,18). The first-order valence-electron chi connectivity index (χ1n) is 5.59. The Morgan fingerprint density at radius 3 is 2.74 bits per heavy atom. The molecule has 1 heterocycles. The Hall–Kier alpha value is -1.56. The maximum atomic E-state index is 6.06. The van der Waals surface area contributed by atoms with Gasteiger partial charge in [0.25, 0.3) is 0 Å². The second-order valence-corrected chi connectivity index (χ2v) is 4.52. The van der Waals surface area contributed by atoms with Crippen LogP contribution in [0.15, 0.2) is 24.5 Å². The van der Waals surface area contributed by atoms with E-state index >= 15 is 0 Å². The number of nitrogens with zero attached hydrogens (tertiary/aromatic N) is 2. The van der Waals surface area contributed by atoms with E-state index in [1.54, 1.807) is 18.2 Å². The van der Waals surface area contributed by atoms with E-state index in [0.717, 1.165) is 5.56 Å². The summed E-state index contributed by atoms with van der Waals surface area (Å²) in [4.78, 5) is 8.12. The van der Waals surface area contributed by atoms with Crippen molar-refractivity contribution in [2.24, 2.45) is 5.84 Å². The maximum Gasteiger partial charge on any atom is 0.227 e. The number of nitrogens with two attached hydrogens (primary N) is 1. The maximum absolute atomic E-state index is 6.06. The van der Waals surface area contributed by atoms with Gasteiger partial charge >= 0.3 is 0 Å². The van der Waals surface area contributed by atoms with Crippen molar-refractivity contribution < 1.29 is 4.74 Å². The third kappa shape index (κ3) is 3.07. The third-order valence-electron chi connectivity index (χ3n) is 2.50. The molecule has 0 fully saturated rings. The predicted octanol–water partition coefficient (Wildman–Crippen LogP) is 3.42. The molecular weight excluding hydrogens is 287 g/mol. The molecule has 0 aliphatic heterocycles. The first-order chi connectivity index (χ1) is 9.15. The zero-order chi connectivity index (χ0) is 13.8. The molecule has 0 spiro atoms. The van der Waals surface area contributed by atoms with Gasteiger partial charge in [-0.05, 0) is 24.6 Å². The van der Waals surface area contributed by atoms with Gasteiger partial charge in [0.2, 0.25) is 5.88 Å². The van der Waals surface area contributed by atoms with Crippen LogP contribution >= 0.6 is 23.2 Å². The monoisotopic (exact) mass is 298 g/mol. The van der Waals surface area contributed by atoms with Crippen LogP contribution in [0, 0.1) is 0 Å². The van der Waals surface area contributed by atoms with Gasteiger partial charge in [0.15, 0.2) is 0 Å². The second-order valence-electron chi connectivity index (χ2n) is 3.68. The summed E-state index contributed by atoms with van der Waals surface area (Å²) in [6.07, 6.45) is 2.04. The van der Waals surface area contributed by atoms with Crippen LogP contribution in [-0.4, -0.2) is 9.97 Å². The lowest BCUT2D eigenvalue weighted by molar-refractivity contribution is 0.456. The van der Waals surface area contributed by atoms with Gasteiger partial charge in [-0.25, -0.2) is 15.8 Å². The van der Waals surface area contributed by atoms with Crippen LogP contribution in [0.4, 0.5) is 5.82 Å². The molecule has 0 amide bonds. The Balaban J connectivity index is 2.37. The van der Waals surface area contributed by atoms with Crippen LogP contribution in [0.2, 0.25) is 10.0 Å². The quantitative estimate of drug-likeness (QED) is 0.668. The molecule has 2 aromatic rings. The van der Waals surface area contributed by atoms with Crippen molar-refractivity contribution in [1.82, 2.24) is 9.97 Å². The molecule has 100 valence electrons. The Labute approximate surface area is 120 Å². The number of anilines is 1. The van der Waals surface area contributed by atoms with Gasteiger partial charge in [0.05, 0.1) is 10.6 Å². The third-order valence-corrected chi connectivity index (χ3v) is 3.03. The Morgan fingerprint density at radius 1 is 1.32 bits per heavy atom. The number of ether oxygens (including phenoxy) is 1. The van der Waals surface area contributed by atoms with Crippen LogP contribution in [-0.2, 0) is 6.42 Å². The molecule has 1 aromatic carbocycles. The lowest BCUT2D eigenvalue weighted by atomic mass is 10.2. The minimum absolute atomic E-state index is 0.412. The van der Waals surface area contributed by atoms with Crippen molar-refractivity contribution in [1.29, 1.82) is 0 Å². The molecule has 0 aliphatic carbocycles. The van der Waals surface area contributed by atoms with Gasteiger partial charge < -0.3 is 10.2 Å². The summed E-state index contributed by atoms with van der Waals surface area (Å²) in [5.74, 6) is 6.81. The van der Waals surface area contributed by atoms with E-state index in [1.807, 2.05) is 6.92 Å². The molecule has 0 unspecified atom stereocenters. The molecule has 3 N–H and O–H groups in total. The second kappa shape index (κ2) is 6.06. The van der Waals surface area contributed by atoms with Gasteiger partial charge in [-0.1, -0.05) is 30.1 Å². The average molecular weight is 299 g/mol. The molecule has 0 saturated carbocycles. The van der Waals surface area contributed by atoms with Crippen molar-refractivity contribution in [3.63, 3.8) is 0 Å². The van der Waals surface area contributed by atoms with Crippen molar-refractivity contribution in [2.45, 2.75) is 13.3 Å². The zero-order valence-corrected chi connectivity index (χ0v) is 11.7. The number of nitrogens with one attached hydrogen (secondary N) is 1. The number of aromatic nitrogens is 2. The lowest BCUT2D eigenvalue weighted by Crippen LogP contribution is -2.12. The summed E-state index contributed by atoms with van der Waals surface area (Å²) in [6, 6.07) is 4.98. The number of rotatable bonds is 4. The molecule has 2 rings (SSSR count). The van der Waals surface area contributed by atoms with Crippen LogP contribution in [0.5, 0.6) is 11.6 Å². The van der Waals surface area contributed by atoms with Crippen LogP contribution < -0.4 is 16.0 Å². The summed E-state index contributed by atoms with van der Waals surface area (Å²) >= 11 is 11.9. The van der Waals surface area contributed by atoms with E-state index in [4.69, 9.17) is 33.8 Å². The van der Waals surface area contributed by atoms with Gasteiger partial charge in [-0.2, -0.15) is 0 Å². The van der Waals surface area contributed by atoms with Crippen molar-refractivity contribution in [3.8, 4) is 11.6 Å². The van der Waals surface area contributed by atoms with E-state index in [1.165, 1.54) is 6.33 Å². The number of hydrazine groups is 1. The van der Waals surface area contributed by atoms with Crippen LogP contribution in [0.1, 0.15) is 12.5 Å². The summed E-state index contributed by atoms with van der Waals surface area (Å²) in [5, 5.41) is 0.954. The molecule has 0 aliphatic rings. The number of hydrogen-bond donors (Lipinski definition) is 2. The van der Waals surface area contributed by atoms with E-state index in [-0.39, 0.29) is 0 Å². The van der Waals surface area contributed by atoms with E-state index in [2.05, 4.69) is 15.4 Å². The summed E-state index contributed by atoms with van der Waals surface area (Å²) < 4.78 is 5.69. The smallest absolute Gasteiger partial charge is 0.227 e.